The molecule has 1 aliphatic heterocycles. The lowest BCUT2D eigenvalue weighted by Crippen LogP contribution is -2.61. The monoisotopic (exact) mass is 356 g/mol. The van der Waals surface area contributed by atoms with Crippen LogP contribution >= 0.6 is 0 Å². The Morgan fingerprint density at radius 1 is 0.885 bits per heavy atom. The van der Waals surface area contributed by atoms with Gasteiger partial charge in [-0.3, -0.25) is 0 Å². The van der Waals surface area contributed by atoms with E-state index in [2.05, 4.69) is 10.3 Å². The van der Waals surface area contributed by atoms with Gasteiger partial charge in [-0.25, -0.2) is 4.98 Å². The summed E-state index contributed by atoms with van der Waals surface area (Å²) in [5, 5.41) is 44.9. The van der Waals surface area contributed by atoms with E-state index in [0.29, 0.717) is 5.69 Å². The SMILES string of the molecule is OC[C@@H]1O[C@H](O)[C@H](Nc2c3ccccc3nc3ccccc23)[C@@H](O)[C@H]1O. The topological polar surface area (TPSA) is 115 Å². The Morgan fingerprint density at radius 2 is 1.46 bits per heavy atom. The molecule has 5 atom stereocenters. The third-order valence-electron chi connectivity index (χ3n) is 4.80. The van der Waals surface area contributed by atoms with Crippen molar-refractivity contribution in [2.45, 2.75) is 30.6 Å². The van der Waals surface area contributed by atoms with Crippen LogP contribution < -0.4 is 5.32 Å². The molecule has 0 aliphatic carbocycles. The van der Waals surface area contributed by atoms with Crippen molar-refractivity contribution in [1.82, 2.24) is 4.98 Å². The summed E-state index contributed by atoms with van der Waals surface area (Å²) in [5.74, 6) is 0. The normalized spacial score (nSPS) is 29.2. The predicted octanol–water partition coefficient (Wildman–Crippen LogP) is 0.600. The first-order valence-electron chi connectivity index (χ1n) is 8.44. The Bertz CT molecular complexity index is 880. The highest BCUT2D eigenvalue weighted by atomic mass is 16.6. The Balaban J connectivity index is 1.81. The molecule has 1 aliphatic rings. The molecule has 7 heteroatoms. The number of hydrogen-bond donors (Lipinski definition) is 5. The van der Waals surface area contributed by atoms with Gasteiger partial charge >= 0.3 is 0 Å². The lowest BCUT2D eigenvalue weighted by atomic mass is 9.96. The summed E-state index contributed by atoms with van der Waals surface area (Å²) in [5.41, 5.74) is 2.22. The second-order valence-corrected chi connectivity index (χ2v) is 6.42. The van der Waals surface area contributed by atoms with Crippen LogP contribution in [0.5, 0.6) is 0 Å². The molecule has 5 N–H and O–H groups in total. The molecule has 0 saturated carbocycles. The molecule has 26 heavy (non-hydrogen) atoms. The van der Waals surface area contributed by atoms with E-state index in [1.54, 1.807) is 0 Å². The van der Waals surface area contributed by atoms with Gasteiger partial charge in [-0.15, -0.1) is 0 Å². The average molecular weight is 356 g/mol. The van der Waals surface area contributed by atoms with Crippen LogP contribution in [0.2, 0.25) is 0 Å². The maximum Gasteiger partial charge on any atom is 0.178 e. The van der Waals surface area contributed by atoms with Crippen molar-refractivity contribution in [3.05, 3.63) is 48.5 Å². The lowest BCUT2D eigenvalue weighted by molar-refractivity contribution is -0.245. The number of aliphatic hydroxyl groups excluding tert-OH is 4. The van der Waals surface area contributed by atoms with Crippen molar-refractivity contribution in [2.75, 3.05) is 11.9 Å². The largest absolute Gasteiger partial charge is 0.394 e. The molecule has 4 rings (SSSR count). The maximum absolute atomic E-state index is 10.4. The van der Waals surface area contributed by atoms with E-state index in [1.807, 2.05) is 48.5 Å². The number of hydrogen-bond acceptors (Lipinski definition) is 7. The second kappa shape index (κ2) is 6.79. The van der Waals surface area contributed by atoms with E-state index in [9.17, 15) is 20.4 Å². The van der Waals surface area contributed by atoms with E-state index in [4.69, 9.17) is 4.74 Å². The van der Waals surface area contributed by atoms with Crippen LogP contribution in [-0.2, 0) is 4.74 Å². The number of benzene rings is 2. The number of fused-ring (bicyclic) bond motifs is 2. The van der Waals surface area contributed by atoms with Gasteiger partial charge in [0.2, 0.25) is 0 Å². The number of nitrogens with zero attached hydrogens (tertiary/aromatic N) is 1. The van der Waals surface area contributed by atoms with E-state index in [-0.39, 0.29) is 0 Å². The van der Waals surface area contributed by atoms with Gasteiger partial charge in [0.05, 0.1) is 23.3 Å². The van der Waals surface area contributed by atoms with Crippen molar-refractivity contribution in [1.29, 1.82) is 0 Å². The highest BCUT2D eigenvalue weighted by Crippen LogP contribution is 2.33. The van der Waals surface area contributed by atoms with Crippen molar-refractivity contribution >= 4 is 27.5 Å². The number of ether oxygens (including phenoxy) is 1. The van der Waals surface area contributed by atoms with Gasteiger partial charge in [-0.05, 0) is 12.1 Å². The smallest absolute Gasteiger partial charge is 0.178 e. The van der Waals surface area contributed by atoms with Gasteiger partial charge in [-0.2, -0.15) is 0 Å². The molecular formula is C19H20N2O5. The molecule has 0 radical (unpaired) electrons. The molecule has 0 amide bonds. The summed E-state index contributed by atoms with van der Waals surface area (Å²) < 4.78 is 5.24. The summed E-state index contributed by atoms with van der Waals surface area (Å²) in [6, 6.07) is 14.1. The fourth-order valence-corrected chi connectivity index (χ4v) is 3.42. The highest BCUT2D eigenvalue weighted by molar-refractivity contribution is 6.07. The molecule has 1 fully saturated rings. The standard InChI is InChI=1S/C19H20N2O5/c22-9-14-17(23)18(24)16(19(25)26-14)21-15-10-5-1-3-7-12(10)20-13-8-4-2-6-11(13)15/h1-8,14,16-19,22-25H,9H2,(H,20,21)/t14-,16+,17-,18+,19-/m0/s1. The van der Waals surface area contributed by atoms with Gasteiger partial charge in [0.25, 0.3) is 0 Å². The van der Waals surface area contributed by atoms with Gasteiger partial charge in [-0.1, -0.05) is 36.4 Å². The van der Waals surface area contributed by atoms with Crippen LogP contribution in [0.1, 0.15) is 0 Å². The second-order valence-electron chi connectivity index (χ2n) is 6.42. The van der Waals surface area contributed by atoms with Crippen LogP contribution in [0.4, 0.5) is 5.69 Å². The van der Waals surface area contributed by atoms with E-state index < -0.39 is 37.3 Å². The minimum Gasteiger partial charge on any atom is -0.394 e. The Labute approximate surface area is 149 Å². The molecular weight excluding hydrogens is 336 g/mol. The molecule has 1 aromatic heterocycles. The number of para-hydroxylation sites is 2. The van der Waals surface area contributed by atoms with Crippen molar-refractivity contribution < 1.29 is 25.2 Å². The van der Waals surface area contributed by atoms with E-state index >= 15 is 0 Å². The molecule has 2 heterocycles. The van der Waals surface area contributed by atoms with Crippen LogP contribution in [0, 0.1) is 0 Å². The number of aromatic nitrogens is 1. The third-order valence-corrected chi connectivity index (χ3v) is 4.80. The first kappa shape index (κ1) is 17.1. The highest BCUT2D eigenvalue weighted by Gasteiger charge is 2.43. The zero-order valence-corrected chi connectivity index (χ0v) is 13.9. The fourth-order valence-electron chi connectivity index (χ4n) is 3.42. The van der Waals surface area contributed by atoms with Gasteiger partial charge in [0.15, 0.2) is 6.29 Å². The predicted molar refractivity (Wildman–Crippen MR) is 96.6 cm³/mol. The van der Waals surface area contributed by atoms with Crippen molar-refractivity contribution in [2.24, 2.45) is 0 Å². The fraction of sp³-hybridized carbons (Fsp3) is 0.316. The third kappa shape index (κ3) is 2.80. The molecule has 7 nitrogen and oxygen atoms in total. The Morgan fingerprint density at radius 3 is 2.04 bits per heavy atom. The van der Waals surface area contributed by atoms with Gasteiger partial charge < -0.3 is 30.5 Å². The first-order valence-corrected chi connectivity index (χ1v) is 8.44. The Hall–Kier alpha value is -2.29. The van der Waals surface area contributed by atoms with E-state index in [1.165, 1.54) is 0 Å². The van der Waals surface area contributed by atoms with Crippen LogP contribution in [0.3, 0.4) is 0 Å². The molecule has 0 spiro atoms. The molecule has 136 valence electrons. The molecule has 0 bridgehead atoms. The minimum absolute atomic E-state index is 0.497. The minimum atomic E-state index is -1.39. The zero-order valence-electron chi connectivity index (χ0n) is 13.9. The van der Waals surface area contributed by atoms with Crippen molar-refractivity contribution in [3.8, 4) is 0 Å². The number of pyridine rings is 1. The molecule has 0 unspecified atom stereocenters. The quantitative estimate of drug-likeness (QED) is 0.437. The van der Waals surface area contributed by atoms with Gasteiger partial charge in [0.1, 0.15) is 24.4 Å². The molecule has 3 aromatic rings. The Kier molecular flexibility index (Phi) is 4.47. The number of aliphatic hydroxyl groups is 4. The summed E-state index contributed by atoms with van der Waals surface area (Å²) in [4.78, 5) is 4.63. The maximum atomic E-state index is 10.4. The summed E-state index contributed by atoms with van der Waals surface area (Å²) in [6.45, 7) is -0.497. The number of anilines is 1. The summed E-state index contributed by atoms with van der Waals surface area (Å²) >= 11 is 0. The zero-order chi connectivity index (χ0) is 18.3. The molecule has 1 saturated heterocycles. The summed E-state index contributed by atoms with van der Waals surface area (Å²) in [7, 11) is 0. The summed E-state index contributed by atoms with van der Waals surface area (Å²) in [6.07, 6.45) is -5.07. The molecule has 2 aromatic carbocycles. The van der Waals surface area contributed by atoms with Gasteiger partial charge in [0, 0.05) is 10.8 Å². The average Bonchev–Trinajstić information content (AvgIpc) is 2.67. The van der Waals surface area contributed by atoms with E-state index in [0.717, 1.165) is 21.8 Å². The van der Waals surface area contributed by atoms with Crippen LogP contribution in [-0.4, -0.2) is 62.7 Å². The lowest BCUT2D eigenvalue weighted by Gasteiger charge is -2.41. The van der Waals surface area contributed by atoms with Crippen molar-refractivity contribution in [3.63, 3.8) is 0 Å². The first-order chi connectivity index (χ1) is 12.6. The number of rotatable bonds is 3. The van der Waals surface area contributed by atoms with Crippen LogP contribution in [0.25, 0.3) is 21.8 Å². The van der Waals surface area contributed by atoms with Crippen LogP contribution in [0.15, 0.2) is 48.5 Å². The number of nitrogens with one attached hydrogen (secondary N) is 1.